The van der Waals surface area contributed by atoms with Gasteiger partial charge >= 0.3 is 5.97 Å². The van der Waals surface area contributed by atoms with Gasteiger partial charge in [0.2, 0.25) is 0 Å². The van der Waals surface area contributed by atoms with Gasteiger partial charge in [0.1, 0.15) is 12.2 Å². The molecule has 0 radical (unpaired) electrons. The quantitative estimate of drug-likeness (QED) is 0.621. The predicted octanol–water partition coefficient (Wildman–Crippen LogP) is -0.0617. The number of hydrogen-bond donors (Lipinski definition) is 2. The molecule has 2 fully saturated rings. The monoisotopic (exact) mass is 201 g/mol. The van der Waals surface area contributed by atoms with Gasteiger partial charge in [-0.25, -0.2) is 0 Å². The molecule has 14 heavy (non-hydrogen) atoms. The van der Waals surface area contributed by atoms with E-state index in [1.807, 2.05) is 0 Å². The van der Waals surface area contributed by atoms with Crippen LogP contribution in [0, 0.1) is 5.92 Å². The number of carboxylic acids is 1. The van der Waals surface area contributed by atoms with Crippen LogP contribution in [0.1, 0.15) is 20.3 Å². The van der Waals surface area contributed by atoms with E-state index in [1.165, 1.54) is 0 Å². The van der Waals surface area contributed by atoms with Gasteiger partial charge in [-0.05, 0) is 20.3 Å². The highest BCUT2D eigenvalue weighted by molar-refractivity contribution is 5.71. The Hall–Kier alpha value is -0.650. The fourth-order valence-electron chi connectivity index (χ4n) is 2.26. The first-order valence-corrected chi connectivity index (χ1v) is 4.75. The molecule has 0 spiro atoms. The maximum atomic E-state index is 10.9. The summed E-state index contributed by atoms with van der Waals surface area (Å²) in [5, 5.41) is 8.96. The van der Waals surface area contributed by atoms with E-state index in [1.54, 1.807) is 13.8 Å². The van der Waals surface area contributed by atoms with E-state index in [9.17, 15) is 4.79 Å². The topological polar surface area (TPSA) is 81.8 Å². The third-order valence-electron chi connectivity index (χ3n) is 2.83. The minimum Gasteiger partial charge on any atom is -0.481 e. The molecule has 1 saturated heterocycles. The van der Waals surface area contributed by atoms with Gasteiger partial charge in [0, 0.05) is 6.04 Å². The van der Waals surface area contributed by atoms with Crippen LogP contribution in [0.3, 0.4) is 0 Å². The second-order valence-corrected chi connectivity index (χ2v) is 4.41. The molecule has 3 N–H and O–H groups in total. The molecule has 0 aromatic rings. The molecule has 0 aromatic heterocycles. The minimum absolute atomic E-state index is 0.233. The van der Waals surface area contributed by atoms with Crippen molar-refractivity contribution in [2.75, 3.05) is 0 Å². The van der Waals surface area contributed by atoms with Gasteiger partial charge in [-0.3, -0.25) is 4.79 Å². The highest BCUT2D eigenvalue weighted by atomic mass is 16.8. The van der Waals surface area contributed by atoms with Crippen LogP contribution in [0.4, 0.5) is 0 Å². The largest absolute Gasteiger partial charge is 0.481 e. The number of rotatable bonds is 1. The van der Waals surface area contributed by atoms with Gasteiger partial charge < -0.3 is 20.3 Å². The zero-order valence-corrected chi connectivity index (χ0v) is 8.27. The molecule has 1 aliphatic heterocycles. The molecule has 2 aliphatic rings. The molecule has 4 atom stereocenters. The Morgan fingerprint density at radius 2 is 2.00 bits per heavy atom. The van der Waals surface area contributed by atoms with Crippen LogP contribution in [-0.4, -0.2) is 35.1 Å². The third kappa shape index (κ3) is 1.41. The van der Waals surface area contributed by atoms with Crippen molar-refractivity contribution in [1.82, 2.24) is 0 Å². The molecule has 2 rings (SSSR count). The van der Waals surface area contributed by atoms with Crippen LogP contribution in [0.2, 0.25) is 0 Å². The van der Waals surface area contributed by atoms with Crippen LogP contribution < -0.4 is 5.73 Å². The molecule has 1 saturated carbocycles. The summed E-state index contributed by atoms with van der Waals surface area (Å²) in [7, 11) is 0. The highest BCUT2D eigenvalue weighted by Crippen LogP contribution is 2.40. The summed E-state index contributed by atoms with van der Waals surface area (Å²) in [6.45, 7) is 3.55. The molecular formula is C9H15NO4. The summed E-state index contributed by atoms with van der Waals surface area (Å²) < 4.78 is 11.1. The van der Waals surface area contributed by atoms with E-state index < -0.39 is 23.8 Å². The van der Waals surface area contributed by atoms with Crippen molar-refractivity contribution in [3.8, 4) is 0 Å². The number of hydrogen-bond acceptors (Lipinski definition) is 4. The maximum absolute atomic E-state index is 10.9. The van der Waals surface area contributed by atoms with Gasteiger partial charge in [0.15, 0.2) is 5.79 Å². The molecule has 1 heterocycles. The first-order chi connectivity index (χ1) is 6.41. The van der Waals surface area contributed by atoms with Crippen LogP contribution in [0.15, 0.2) is 0 Å². The van der Waals surface area contributed by atoms with E-state index in [-0.39, 0.29) is 12.1 Å². The molecule has 5 nitrogen and oxygen atoms in total. The van der Waals surface area contributed by atoms with Crippen molar-refractivity contribution >= 4 is 5.97 Å². The van der Waals surface area contributed by atoms with Gasteiger partial charge in [-0.1, -0.05) is 0 Å². The van der Waals surface area contributed by atoms with Gasteiger partial charge in [0.25, 0.3) is 0 Å². The van der Waals surface area contributed by atoms with E-state index in [0.29, 0.717) is 6.42 Å². The number of carboxylic acid groups (broad SMARTS) is 1. The summed E-state index contributed by atoms with van der Waals surface area (Å²) in [6.07, 6.45) is -0.232. The Labute approximate surface area is 82.2 Å². The van der Waals surface area contributed by atoms with E-state index >= 15 is 0 Å². The maximum Gasteiger partial charge on any atom is 0.309 e. The van der Waals surface area contributed by atoms with Crippen molar-refractivity contribution in [1.29, 1.82) is 0 Å². The molecular weight excluding hydrogens is 186 g/mol. The summed E-state index contributed by atoms with van der Waals surface area (Å²) >= 11 is 0. The Balaban J connectivity index is 2.19. The number of carbonyl (C=O) groups is 1. The Bertz CT molecular complexity index is 266. The Morgan fingerprint density at radius 1 is 1.43 bits per heavy atom. The summed E-state index contributed by atoms with van der Waals surface area (Å²) in [6, 6.07) is -0.233. The molecule has 1 aliphatic carbocycles. The molecule has 0 unspecified atom stereocenters. The molecule has 0 amide bonds. The number of fused-ring (bicyclic) bond motifs is 1. The first kappa shape index (κ1) is 9.89. The lowest BCUT2D eigenvalue weighted by Crippen LogP contribution is -2.35. The fraction of sp³-hybridized carbons (Fsp3) is 0.889. The average Bonchev–Trinajstić information content (AvgIpc) is 2.47. The standard InChI is InChI=1S/C9H15NO4/c1-9(2)13-6-4(8(11)12)3-5(10)7(6)14-9/h4-7H,3,10H2,1-2H3,(H,11,12)/t4-,5+,6-,7-/m0/s1. The average molecular weight is 201 g/mol. The summed E-state index contributed by atoms with van der Waals surface area (Å²) in [5.41, 5.74) is 5.80. The second-order valence-electron chi connectivity index (χ2n) is 4.41. The van der Waals surface area contributed by atoms with Crippen molar-refractivity contribution in [3.63, 3.8) is 0 Å². The normalized spacial score (nSPS) is 45.1. The predicted molar refractivity (Wildman–Crippen MR) is 47.5 cm³/mol. The zero-order chi connectivity index (χ0) is 10.5. The van der Waals surface area contributed by atoms with Crippen molar-refractivity contribution in [3.05, 3.63) is 0 Å². The fourth-order valence-corrected chi connectivity index (χ4v) is 2.26. The molecule has 5 heteroatoms. The van der Waals surface area contributed by atoms with Gasteiger partial charge in [-0.2, -0.15) is 0 Å². The van der Waals surface area contributed by atoms with Gasteiger partial charge in [0.05, 0.1) is 5.92 Å². The summed E-state index contributed by atoms with van der Waals surface area (Å²) in [5.74, 6) is -2.09. The summed E-state index contributed by atoms with van der Waals surface area (Å²) in [4.78, 5) is 10.9. The first-order valence-electron chi connectivity index (χ1n) is 4.75. The highest BCUT2D eigenvalue weighted by Gasteiger charge is 2.55. The van der Waals surface area contributed by atoms with Crippen molar-refractivity contribution in [2.24, 2.45) is 11.7 Å². The number of aliphatic carboxylic acids is 1. The van der Waals surface area contributed by atoms with Gasteiger partial charge in [-0.15, -0.1) is 0 Å². The number of nitrogens with two attached hydrogens (primary N) is 1. The minimum atomic E-state index is -0.853. The Kier molecular flexibility index (Phi) is 2.06. The van der Waals surface area contributed by atoms with Crippen LogP contribution >= 0.6 is 0 Å². The van der Waals surface area contributed by atoms with E-state index in [0.717, 1.165) is 0 Å². The molecule has 0 bridgehead atoms. The lowest BCUT2D eigenvalue weighted by atomic mass is 10.1. The third-order valence-corrected chi connectivity index (χ3v) is 2.83. The lowest BCUT2D eigenvalue weighted by molar-refractivity contribution is -0.166. The lowest BCUT2D eigenvalue weighted by Gasteiger charge is -2.20. The smallest absolute Gasteiger partial charge is 0.309 e. The van der Waals surface area contributed by atoms with Crippen molar-refractivity contribution < 1.29 is 19.4 Å². The molecule has 0 aromatic carbocycles. The van der Waals surface area contributed by atoms with Crippen molar-refractivity contribution in [2.45, 2.75) is 44.3 Å². The second kappa shape index (κ2) is 2.92. The Morgan fingerprint density at radius 3 is 2.57 bits per heavy atom. The SMILES string of the molecule is CC1(C)O[C@@H]2[C@@H](O1)[C@@H](C(=O)O)C[C@H]2N. The molecule has 80 valence electrons. The zero-order valence-electron chi connectivity index (χ0n) is 8.27. The number of ether oxygens (including phenoxy) is 2. The van der Waals surface area contributed by atoms with Crippen LogP contribution in [0.5, 0.6) is 0 Å². The van der Waals surface area contributed by atoms with Crippen LogP contribution in [0.25, 0.3) is 0 Å². The van der Waals surface area contributed by atoms with Crippen LogP contribution in [-0.2, 0) is 14.3 Å². The van der Waals surface area contributed by atoms with E-state index in [4.69, 9.17) is 20.3 Å². The van der Waals surface area contributed by atoms with E-state index in [2.05, 4.69) is 0 Å².